The Morgan fingerprint density at radius 2 is 1.40 bits per heavy atom. The molecule has 3 heterocycles. The molecule has 0 spiro atoms. The maximum Gasteiger partial charge on any atom is 0.160 e. The molecule has 3 saturated heterocycles. The summed E-state index contributed by atoms with van der Waals surface area (Å²) in [6.07, 6.45) is 6.36. The molecule has 0 radical (unpaired) electrons. The zero-order chi connectivity index (χ0) is 32.3. The van der Waals surface area contributed by atoms with E-state index in [9.17, 15) is 25.5 Å². The Hall–Kier alpha value is -0.440. The van der Waals surface area contributed by atoms with Gasteiger partial charge in [0.25, 0.3) is 0 Å². The Morgan fingerprint density at radius 1 is 0.767 bits per heavy atom. The maximum atomic E-state index is 9.78. The lowest BCUT2D eigenvalue weighted by Crippen LogP contribution is -2.31. The number of ether oxygens (including phenoxy) is 4. The van der Waals surface area contributed by atoms with Crippen LogP contribution in [-0.2, 0) is 18.9 Å². The highest BCUT2D eigenvalue weighted by atomic mass is 16.7. The average molecular weight is 625 g/mol. The second-order valence-electron chi connectivity index (χ2n) is 13.4. The molecular formula is C32H64O11. The van der Waals surface area contributed by atoms with Crippen LogP contribution >= 0.6 is 0 Å². The summed E-state index contributed by atoms with van der Waals surface area (Å²) in [7, 11) is 0. The Labute approximate surface area is 259 Å². The summed E-state index contributed by atoms with van der Waals surface area (Å²) >= 11 is 0. The normalized spacial score (nSPS) is 31.7. The summed E-state index contributed by atoms with van der Waals surface area (Å²) < 4.78 is 22.3. The predicted molar refractivity (Wildman–Crippen MR) is 163 cm³/mol. The Kier molecular flexibility index (Phi) is 21.7. The van der Waals surface area contributed by atoms with Crippen LogP contribution in [-0.4, -0.2) is 124 Å². The lowest BCUT2D eigenvalue weighted by molar-refractivity contribution is -0.195. The van der Waals surface area contributed by atoms with Crippen LogP contribution in [0.25, 0.3) is 0 Å². The van der Waals surface area contributed by atoms with Crippen molar-refractivity contribution in [3.63, 3.8) is 0 Å². The molecule has 11 nitrogen and oxygen atoms in total. The summed E-state index contributed by atoms with van der Waals surface area (Å²) in [6, 6.07) is 0. The van der Waals surface area contributed by atoms with Gasteiger partial charge in [-0.05, 0) is 76.0 Å². The van der Waals surface area contributed by atoms with Crippen LogP contribution in [0.3, 0.4) is 0 Å². The smallest absolute Gasteiger partial charge is 0.160 e. The average Bonchev–Trinajstić information content (AvgIpc) is 3.27. The van der Waals surface area contributed by atoms with E-state index in [-0.39, 0.29) is 43.0 Å². The first-order valence-electron chi connectivity index (χ1n) is 16.5. The molecule has 0 saturated carbocycles. The molecule has 3 fully saturated rings. The molecule has 43 heavy (non-hydrogen) atoms. The summed E-state index contributed by atoms with van der Waals surface area (Å²) in [6.45, 7) is 10.1. The second-order valence-corrected chi connectivity index (χ2v) is 13.4. The predicted octanol–water partition coefficient (Wildman–Crippen LogP) is 2.42. The van der Waals surface area contributed by atoms with E-state index < -0.39 is 24.6 Å². The molecule has 3 rings (SSSR count). The van der Waals surface area contributed by atoms with Gasteiger partial charge in [-0.15, -0.1) is 0 Å². The van der Waals surface area contributed by atoms with E-state index >= 15 is 0 Å². The molecule has 0 aromatic carbocycles. The molecule has 9 atom stereocenters. The van der Waals surface area contributed by atoms with Crippen molar-refractivity contribution in [1.82, 2.24) is 0 Å². The highest BCUT2D eigenvalue weighted by Crippen LogP contribution is 2.23. The Bertz CT molecular complexity index is 662. The van der Waals surface area contributed by atoms with Gasteiger partial charge in [-0.1, -0.05) is 27.7 Å². The fourth-order valence-electron chi connectivity index (χ4n) is 5.13. The zero-order valence-electron chi connectivity index (χ0n) is 27.2. The van der Waals surface area contributed by atoms with E-state index in [0.717, 1.165) is 45.1 Å². The van der Waals surface area contributed by atoms with Crippen molar-refractivity contribution in [3.05, 3.63) is 0 Å². The van der Waals surface area contributed by atoms with Crippen LogP contribution in [0.1, 0.15) is 111 Å². The van der Waals surface area contributed by atoms with E-state index in [1.165, 1.54) is 0 Å². The topological polar surface area (TPSA) is 179 Å². The summed E-state index contributed by atoms with van der Waals surface area (Å²) in [5.41, 5.74) is 0.225. The standard InChI is InChI=1S/C14H26O6.C11H24O3.C7H14O2/c15-8-12-4-3-11(17)7-14(20-12)19-9-13-6-10(16)2-1-5-18-13;1-11(2,3)6-4-9(13)8-10(14)5-7-12;1-2-7-5-6(8)3-4-9-7/h10-17H,1-9H2;9-10,12-14H,4-8H2,1-3H3;6-8H,2-5H2,1H3/t10?,11?,12?,13?,14-;;/m0../s1. The van der Waals surface area contributed by atoms with Crippen molar-refractivity contribution in [2.24, 2.45) is 5.41 Å². The highest BCUT2D eigenvalue weighted by molar-refractivity contribution is 4.73. The van der Waals surface area contributed by atoms with Gasteiger partial charge in [-0.25, -0.2) is 0 Å². The van der Waals surface area contributed by atoms with Gasteiger partial charge in [0.1, 0.15) is 0 Å². The molecule has 258 valence electrons. The molecule has 3 aliphatic heterocycles. The lowest BCUT2D eigenvalue weighted by Gasteiger charge is -2.25. The van der Waals surface area contributed by atoms with Crippen molar-refractivity contribution >= 4 is 0 Å². The van der Waals surface area contributed by atoms with E-state index in [0.29, 0.717) is 64.3 Å². The third-order valence-electron chi connectivity index (χ3n) is 7.90. The van der Waals surface area contributed by atoms with Crippen LogP contribution in [0.2, 0.25) is 0 Å². The molecular weight excluding hydrogens is 560 g/mol. The van der Waals surface area contributed by atoms with Crippen molar-refractivity contribution in [2.45, 2.75) is 166 Å². The quantitative estimate of drug-likeness (QED) is 0.180. The number of aliphatic hydroxyl groups is 7. The molecule has 3 aliphatic rings. The fourth-order valence-corrected chi connectivity index (χ4v) is 5.13. The number of hydrogen-bond donors (Lipinski definition) is 7. The van der Waals surface area contributed by atoms with Crippen LogP contribution in [0.15, 0.2) is 0 Å². The Balaban J connectivity index is 0.000000350. The van der Waals surface area contributed by atoms with Crippen LogP contribution < -0.4 is 0 Å². The van der Waals surface area contributed by atoms with Crippen LogP contribution in [0.5, 0.6) is 0 Å². The monoisotopic (exact) mass is 624 g/mol. The van der Waals surface area contributed by atoms with Crippen LogP contribution in [0, 0.1) is 5.41 Å². The van der Waals surface area contributed by atoms with Gasteiger partial charge in [0.15, 0.2) is 6.29 Å². The largest absolute Gasteiger partial charge is 0.396 e. The minimum absolute atomic E-state index is 0.0207. The number of hydrogen-bond acceptors (Lipinski definition) is 11. The lowest BCUT2D eigenvalue weighted by atomic mass is 9.88. The van der Waals surface area contributed by atoms with E-state index in [1.807, 2.05) is 0 Å². The summed E-state index contributed by atoms with van der Waals surface area (Å²) in [4.78, 5) is 0. The first-order chi connectivity index (χ1) is 20.3. The minimum Gasteiger partial charge on any atom is -0.396 e. The van der Waals surface area contributed by atoms with Gasteiger partial charge in [-0.3, -0.25) is 0 Å². The van der Waals surface area contributed by atoms with Gasteiger partial charge >= 0.3 is 0 Å². The molecule has 0 aliphatic carbocycles. The van der Waals surface area contributed by atoms with E-state index in [1.54, 1.807) is 0 Å². The van der Waals surface area contributed by atoms with E-state index in [4.69, 9.17) is 29.2 Å². The highest BCUT2D eigenvalue weighted by Gasteiger charge is 2.27. The fraction of sp³-hybridized carbons (Fsp3) is 1.00. The SMILES string of the molecule is CC(C)(C)CCC(O)CC(O)CCO.CCC1CC(O)CCO1.OCC1CCC(O)C[C@@H](OCC2CC(O)CCCO2)O1. The molecule has 7 N–H and O–H groups in total. The summed E-state index contributed by atoms with van der Waals surface area (Å²) in [5.74, 6) is 0. The molecule has 8 unspecified atom stereocenters. The minimum atomic E-state index is -0.574. The van der Waals surface area contributed by atoms with Gasteiger partial charge in [0.05, 0.1) is 62.0 Å². The molecule has 0 amide bonds. The van der Waals surface area contributed by atoms with E-state index in [2.05, 4.69) is 27.7 Å². The van der Waals surface area contributed by atoms with Gasteiger partial charge < -0.3 is 54.7 Å². The molecule has 0 bridgehead atoms. The second kappa shape index (κ2) is 23.0. The number of aliphatic hydroxyl groups excluding tert-OH is 7. The number of rotatable bonds is 11. The molecule has 11 heteroatoms. The van der Waals surface area contributed by atoms with Crippen LogP contribution in [0.4, 0.5) is 0 Å². The van der Waals surface area contributed by atoms with Gasteiger partial charge in [-0.2, -0.15) is 0 Å². The zero-order valence-corrected chi connectivity index (χ0v) is 27.2. The molecule has 0 aromatic heterocycles. The van der Waals surface area contributed by atoms with Crippen molar-refractivity contribution < 1.29 is 54.7 Å². The summed E-state index contributed by atoms with van der Waals surface area (Å²) in [5, 5.41) is 65.3. The molecule has 0 aromatic rings. The van der Waals surface area contributed by atoms with Crippen molar-refractivity contribution in [3.8, 4) is 0 Å². The van der Waals surface area contributed by atoms with Gasteiger partial charge in [0.2, 0.25) is 0 Å². The maximum absolute atomic E-state index is 9.78. The third kappa shape index (κ3) is 21.1. The first-order valence-corrected chi connectivity index (χ1v) is 16.5. The van der Waals surface area contributed by atoms with Crippen molar-refractivity contribution in [1.29, 1.82) is 0 Å². The van der Waals surface area contributed by atoms with Crippen molar-refractivity contribution in [2.75, 3.05) is 33.0 Å². The Morgan fingerprint density at radius 3 is 2.00 bits per heavy atom. The first kappa shape index (κ1) is 40.6. The van der Waals surface area contributed by atoms with Gasteiger partial charge in [0, 0.05) is 32.7 Å². The third-order valence-corrected chi connectivity index (χ3v) is 7.90.